The zero-order valence-corrected chi connectivity index (χ0v) is 15.2. The summed E-state index contributed by atoms with van der Waals surface area (Å²) in [4.78, 5) is 28.0. The van der Waals surface area contributed by atoms with Gasteiger partial charge in [0.15, 0.2) is 5.82 Å². The van der Waals surface area contributed by atoms with Crippen LogP contribution in [0, 0.1) is 12.8 Å². The number of halogens is 1. The molecule has 0 saturated heterocycles. The lowest BCUT2D eigenvalue weighted by atomic mass is 10.1. The summed E-state index contributed by atoms with van der Waals surface area (Å²) in [5.41, 5.74) is 7.10. The minimum Gasteiger partial charge on any atom is -0.346 e. The number of nitrogens with two attached hydrogens (primary N) is 1. The molecular weight excluding hydrogens is 344 g/mol. The molecule has 0 radical (unpaired) electrons. The molecular formula is C16H23ClN6O2. The molecule has 0 unspecified atom stereocenters. The van der Waals surface area contributed by atoms with Gasteiger partial charge < -0.3 is 16.4 Å². The van der Waals surface area contributed by atoms with Crippen molar-refractivity contribution >= 4 is 29.9 Å². The maximum atomic E-state index is 12.0. The number of amides is 2. The van der Waals surface area contributed by atoms with Crippen molar-refractivity contribution in [1.29, 1.82) is 0 Å². The van der Waals surface area contributed by atoms with Crippen LogP contribution in [0.4, 0.5) is 5.69 Å². The maximum absolute atomic E-state index is 12.0. The van der Waals surface area contributed by atoms with Crippen LogP contribution in [0.3, 0.4) is 0 Å². The van der Waals surface area contributed by atoms with Gasteiger partial charge in [0, 0.05) is 11.3 Å². The van der Waals surface area contributed by atoms with Crippen molar-refractivity contribution < 1.29 is 9.59 Å². The van der Waals surface area contributed by atoms with Crippen LogP contribution in [0.1, 0.15) is 19.7 Å². The summed E-state index contributed by atoms with van der Waals surface area (Å²) >= 11 is 0. The van der Waals surface area contributed by atoms with Crippen LogP contribution in [0.15, 0.2) is 24.3 Å². The number of aryl methyl sites for hydroxylation is 1. The van der Waals surface area contributed by atoms with Gasteiger partial charge in [0.2, 0.25) is 11.8 Å². The van der Waals surface area contributed by atoms with Gasteiger partial charge in [-0.2, -0.15) is 5.10 Å². The third kappa shape index (κ3) is 5.84. The number of H-pyrrole nitrogens is 1. The topological polar surface area (TPSA) is 126 Å². The van der Waals surface area contributed by atoms with E-state index in [0.717, 1.165) is 5.56 Å². The van der Waals surface area contributed by atoms with Crippen LogP contribution in [0.2, 0.25) is 0 Å². The predicted molar refractivity (Wildman–Crippen MR) is 98.3 cm³/mol. The van der Waals surface area contributed by atoms with Crippen LogP contribution < -0.4 is 16.4 Å². The molecule has 1 aromatic carbocycles. The number of aromatic nitrogens is 3. The summed E-state index contributed by atoms with van der Waals surface area (Å²) < 4.78 is 0. The molecule has 1 aromatic heterocycles. The van der Waals surface area contributed by atoms with Gasteiger partial charge >= 0.3 is 0 Å². The molecule has 2 amide bonds. The predicted octanol–water partition coefficient (Wildman–Crippen LogP) is 1.24. The van der Waals surface area contributed by atoms with Crippen LogP contribution in [-0.4, -0.2) is 39.6 Å². The fourth-order valence-corrected chi connectivity index (χ4v) is 2.00. The van der Waals surface area contributed by atoms with Gasteiger partial charge in [0.1, 0.15) is 5.82 Å². The molecule has 0 spiro atoms. The first-order chi connectivity index (χ1) is 11.4. The van der Waals surface area contributed by atoms with Crippen molar-refractivity contribution in [3.63, 3.8) is 0 Å². The average molecular weight is 367 g/mol. The number of carbonyl (C=O) groups is 2. The Balaban J connectivity index is 0.00000312. The number of carbonyl (C=O) groups excluding carboxylic acids is 2. The second-order valence-electron chi connectivity index (χ2n) is 5.86. The minimum atomic E-state index is -0.630. The fourth-order valence-electron chi connectivity index (χ4n) is 2.00. The first-order valence-electron chi connectivity index (χ1n) is 7.69. The van der Waals surface area contributed by atoms with E-state index in [2.05, 4.69) is 25.8 Å². The Morgan fingerprint density at radius 2 is 2.04 bits per heavy atom. The van der Waals surface area contributed by atoms with Crippen LogP contribution in [0.25, 0.3) is 11.4 Å². The Morgan fingerprint density at radius 3 is 2.64 bits per heavy atom. The van der Waals surface area contributed by atoms with Crippen molar-refractivity contribution in [3.8, 4) is 11.4 Å². The van der Waals surface area contributed by atoms with Crippen molar-refractivity contribution in [2.75, 3.05) is 11.9 Å². The van der Waals surface area contributed by atoms with Crippen LogP contribution in [0.5, 0.6) is 0 Å². The lowest BCUT2D eigenvalue weighted by molar-refractivity contribution is -0.125. The number of nitrogens with one attached hydrogen (secondary N) is 3. The summed E-state index contributed by atoms with van der Waals surface area (Å²) in [6, 6.07) is 6.53. The normalized spacial score (nSPS) is 11.6. The summed E-state index contributed by atoms with van der Waals surface area (Å²) in [5.74, 6) is 0.603. The molecule has 0 aliphatic rings. The third-order valence-corrected chi connectivity index (χ3v) is 3.45. The maximum Gasteiger partial charge on any atom is 0.243 e. The molecule has 136 valence electrons. The van der Waals surface area contributed by atoms with E-state index in [1.165, 1.54) is 0 Å². The van der Waals surface area contributed by atoms with Crippen molar-refractivity contribution in [2.24, 2.45) is 11.7 Å². The molecule has 9 heteroatoms. The molecule has 0 aliphatic carbocycles. The molecule has 1 heterocycles. The van der Waals surface area contributed by atoms with E-state index in [-0.39, 0.29) is 36.7 Å². The number of rotatable bonds is 6. The van der Waals surface area contributed by atoms with Crippen molar-refractivity contribution in [3.05, 3.63) is 30.1 Å². The standard InChI is InChI=1S/C16H22N6O2.ClH/c1-9(2)14(17)16(24)18-8-13(23)20-12-6-4-5-11(7-12)15-19-10(3)21-22-15;/h4-7,9,14H,8,17H2,1-3H3,(H,18,24)(H,20,23)(H,19,21,22);1H/t14-;/m0./s1. The second-order valence-corrected chi connectivity index (χ2v) is 5.86. The highest BCUT2D eigenvalue weighted by Crippen LogP contribution is 2.19. The highest BCUT2D eigenvalue weighted by atomic mass is 35.5. The van der Waals surface area contributed by atoms with Gasteiger partial charge in [-0.1, -0.05) is 26.0 Å². The monoisotopic (exact) mass is 366 g/mol. The summed E-state index contributed by atoms with van der Waals surface area (Å²) in [6.07, 6.45) is 0. The largest absolute Gasteiger partial charge is 0.346 e. The van der Waals surface area contributed by atoms with E-state index in [1.807, 2.05) is 26.8 Å². The molecule has 0 aliphatic heterocycles. The van der Waals surface area contributed by atoms with Gasteiger partial charge in [0.25, 0.3) is 0 Å². The quantitative estimate of drug-likeness (QED) is 0.612. The summed E-state index contributed by atoms with van der Waals surface area (Å²) in [7, 11) is 0. The highest BCUT2D eigenvalue weighted by Gasteiger charge is 2.17. The molecule has 2 rings (SSSR count). The van der Waals surface area contributed by atoms with E-state index in [1.54, 1.807) is 18.2 Å². The SMILES string of the molecule is Cc1nc(-c2cccc(NC(=O)CNC(=O)[C@@H](N)C(C)C)c2)n[nH]1.Cl. The number of hydrogen-bond donors (Lipinski definition) is 4. The van der Waals surface area contributed by atoms with Gasteiger partial charge in [-0.05, 0) is 25.0 Å². The zero-order valence-electron chi connectivity index (χ0n) is 14.4. The lowest BCUT2D eigenvalue weighted by Gasteiger charge is -2.15. The Morgan fingerprint density at radius 1 is 1.32 bits per heavy atom. The lowest BCUT2D eigenvalue weighted by Crippen LogP contribution is -2.46. The smallest absolute Gasteiger partial charge is 0.243 e. The first kappa shape index (κ1) is 20.6. The van der Waals surface area contributed by atoms with Gasteiger partial charge in [0.05, 0.1) is 12.6 Å². The highest BCUT2D eigenvalue weighted by molar-refractivity contribution is 5.95. The molecule has 1 atom stereocenters. The van der Waals surface area contributed by atoms with Gasteiger partial charge in [-0.3, -0.25) is 14.7 Å². The number of nitrogens with zero attached hydrogens (tertiary/aromatic N) is 2. The Labute approximate surface area is 152 Å². The molecule has 25 heavy (non-hydrogen) atoms. The summed E-state index contributed by atoms with van der Waals surface area (Å²) in [6.45, 7) is 5.37. The number of hydrogen-bond acceptors (Lipinski definition) is 5. The number of anilines is 1. The van der Waals surface area contributed by atoms with Crippen LogP contribution >= 0.6 is 12.4 Å². The molecule has 5 N–H and O–H groups in total. The Hall–Kier alpha value is -2.45. The number of benzene rings is 1. The van der Waals surface area contributed by atoms with Gasteiger partial charge in [-0.25, -0.2) is 4.98 Å². The van der Waals surface area contributed by atoms with E-state index < -0.39 is 6.04 Å². The number of aromatic amines is 1. The average Bonchev–Trinajstić information content (AvgIpc) is 2.98. The van der Waals surface area contributed by atoms with Crippen LogP contribution in [-0.2, 0) is 9.59 Å². The molecule has 0 fully saturated rings. The third-order valence-electron chi connectivity index (χ3n) is 3.45. The van der Waals surface area contributed by atoms with E-state index in [4.69, 9.17) is 5.73 Å². The first-order valence-corrected chi connectivity index (χ1v) is 7.69. The zero-order chi connectivity index (χ0) is 17.7. The Kier molecular flexibility index (Phi) is 7.53. The van der Waals surface area contributed by atoms with E-state index in [9.17, 15) is 9.59 Å². The Bertz CT molecular complexity index is 731. The van der Waals surface area contributed by atoms with E-state index >= 15 is 0 Å². The molecule has 2 aromatic rings. The molecule has 0 saturated carbocycles. The van der Waals surface area contributed by atoms with Crippen molar-refractivity contribution in [1.82, 2.24) is 20.5 Å². The molecule has 0 bridgehead atoms. The second kappa shape index (κ2) is 9.14. The summed E-state index contributed by atoms with van der Waals surface area (Å²) in [5, 5.41) is 12.1. The van der Waals surface area contributed by atoms with E-state index in [0.29, 0.717) is 17.3 Å². The fraction of sp³-hybridized carbons (Fsp3) is 0.375. The van der Waals surface area contributed by atoms with Gasteiger partial charge in [-0.15, -0.1) is 12.4 Å². The minimum absolute atomic E-state index is 0. The van der Waals surface area contributed by atoms with Crippen molar-refractivity contribution in [2.45, 2.75) is 26.8 Å². The molecule has 8 nitrogen and oxygen atoms in total.